The zero-order chi connectivity index (χ0) is 8.15. The molecule has 0 bridgehead atoms. The highest BCUT2D eigenvalue weighted by atomic mass is 19.2. The van der Waals surface area contributed by atoms with Crippen LogP contribution in [-0.2, 0) is 19.0 Å². The molecule has 0 aromatic heterocycles. The fraction of sp³-hybridized carbons (Fsp3) is 0.333. The Morgan fingerprint density at radius 2 is 1.80 bits per heavy atom. The molecule has 0 spiro atoms. The van der Waals surface area contributed by atoms with Crippen molar-refractivity contribution in [3.63, 3.8) is 0 Å². The third-order valence-electron chi connectivity index (χ3n) is 0.548. The van der Waals surface area contributed by atoms with Gasteiger partial charge in [0.25, 0.3) is 0 Å². The average Bonchev–Trinajstić information content (AvgIpc) is 1.85. The third-order valence-corrected chi connectivity index (χ3v) is 0.548. The van der Waals surface area contributed by atoms with Gasteiger partial charge in [0.2, 0.25) is 0 Å². The highest BCUT2D eigenvalue weighted by molar-refractivity contribution is 6.44. The Hall–Kier alpha value is -1.14. The van der Waals surface area contributed by atoms with E-state index >= 15 is 0 Å². The lowest BCUT2D eigenvalue weighted by Gasteiger charge is -1.96. The zero-order valence-corrected chi connectivity index (χ0v) is 4.97. The average molecular weight is 152 g/mol. The molecule has 0 fully saturated rings. The number of carbonyl (C=O) groups excluding carboxylic acids is 2. The van der Waals surface area contributed by atoms with Gasteiger partial charge in [0.15, 0.2) is 0 Å². The van der Waals surface area contributed by atoms with Crippen LogP contribution in [0.1, 0.15) is 0 Å². The summed E-state index contributed by atoms with van der Waals surface area (Å²) in [5, 5.41) is 0. The Morgan fingerprint density at radius 3 is 2.10 bits per heavy atom. The number of hydrogen-bond acceptors (Lipinski definition) is 4. The highest BCUT2D eigenvalue weighted by Crippen LogP contribution is 1.90. The van der Waals surface area contributed by atoms with E-state index in [2.05, 4.69) is 9.39 Å². The number of hydrogen-bond donors (Lipinski definition) is 0. The van der Waals surface area contributed by atoms with Gasteiger partial charge in [-0.05, 0) is 0 Å². The fourth-order valence-electron chi connectivity index (χ4n) is 0.212. The molecule has 0 aliphatic heterocycles. The third kappa shape index (κ3) is 3.00. The molecule has 0 aliphatic rings. The first-order valence-corrected chi connectivity index (χ1v) is 2.15. The molecule has 4 nitrogen and oxygen atoms in total. The summed E-state index contributed by atoms with van der Waals surface area (Å²) >= 11 is 0. The van der Waals surface area contributed by atoms with Crippen molar-refractivity contribution in [3.8, 4) is 0 Å². The topological polar surface area (TPSA) is 52.6 Å². The maximum Gasteiger partial charge on any atom is 0.798 e. The Labute approximate surface area is 55.3 Å². The van der Waals surface area contributed by atoms with Crippen molar-refractivity contribution in [1.29, 1.82) is 0 Å². The van der Waals surface area contributed by atoms with Gasteiger partial charge in [-0.25, -0.2) is 18.2 Å². The van der Waals surface area contributed by atoms with E-state index in [1.807, 2.05) is 0 Å². The van der Waals surface area contributed by atoms with E-state index < -0.39 is 19.4 Å². The van der Waals surface area contributed by atoms with Crippen LogP contribution >= 0.6 is 0 Å². The van der Waals surface area contributed by atoms with Gasteiger partial charge >= 0.3 is 19.4 Å². The standard InChI is InChI=1S/C3H3BF2O4/c1-9-2(7)3(8)10-4(5)6/h1H3. The minimum Gasteiger partial charge on any atom is -0.470 e. The first-order valence-electron chi connectivity index (χ1n) is 2.15. The smallest absolute Gasteiger partial charge is 0.470 e. The molecule has 0 saturated heterocycles. The molecule has 0 N–H and O–H groups in total. The first-order chi connectivity index (χ1) is 4.57. The van der Waals surface area contributed by atoms with Crippen molar-refractivity contribution >= 4 is 19.4 Å². The molecular formula is C3H3BF2O4. The van der Waals surface area contributed by atoms with Gasteiger partial charge in [-0.1, -0.05) is 0 Å². The van der Waals surface area contributed by atoms with E-state index in [9.17, 15) is 18.2 Å². The van der Waals surface area contributed by atoms with Gasteiger partial charge in [0.05, 0.1) is 7.11 Å². The van der Waals surface area contributed by atoms with Gasteiger partial charge < -0.3 is 9.39 Å². The normalized spacial score (nSPS) is 8.30. The Kier molecular flexibility index (Phi) is 3.38. The monoisotopic (exact) mass is 152 g/mol. The van der Waals surface area contributed by atoms with Gasteiger partial charge in [-0.15, -0.1) is 0 Å². The summed E-state index contributed by atoms with van der Waals surface area (Å²) in [6.07, 6.45) is 0. The summed E-state index contributed by atoms with van der Waals surface area (Å²) in [5.41, 5.74) is 0. The van der Waals surface area contributed by atoms with Crippen LogP contribution in [0.4, 0.5) is 8.63 Å². The lowest BCUT2D eigenvalue weighted by molar-refractivity contribution is -0.161. The molecule has 0 radical (unpaired) electrons. The molecule has 10 heavy (non-hydrogen) atoms. The second-order valence-corrected chi connectivity index (χ2v) is 1.16. The van der Waals surface area contributed by atoms with Crippen LogP contribution in [0.2, 0.25) is 0 Å². The summed E-state index contributed by atoms with van der Waals surface area (Å²) in [5.74, 6) is -3.14. The van der Waals surface area contributed by atoms with E-state index in [4.69, 9.17) is 0 Å². The number of carbonyl (C=O) groups is 2. The molecule has 7 heteroatoms. The predicted molar refractivity (Wildman–Crippen MR) is 26.1 cm³/mol. The second-order valence-electron chi connectivity index (χ2n) is 1.16. The Balaban J connectivity index is 3.74. The number of ether oxygens (including phenoxy) is 1. The van der Waals surface area contributed by atoms with E-state index in [1.54, 1.807) is 0 Å². The van der Waals surface area contributed by atoms with Crippen LogP contribution in [0.15, 0.2) is 0 Å². The molecule has 0 heterocycles. The largest absolute Gasteiger partial charge is 0.798 e. The van der Waals surface area contributed by atoms with Crippen molar-refractivity contribution in [3.05, 3.63) is 0 Å². The molecule has 0 unspecified atom stereocenters. The summed E-state index contributed by atoms with van der Waals surface area (Å²) < 4.78 is 29.2. The van der Waals surface area contributed by atoms with E-state index in [-0.39, 0.29) is 0 Å². The lowest BCUT2D eigenvalue weighted by atomic mass is 10.4. The van der Waals surface area contributed by atoms with Crippen LogP contribution in [0.25, 0.3) is 0 Å². The van der Waals surface area contributed by atoms with Crippen LogP contribution in [-0.4, -0.2) is 26.5 Å². The fourth-order valence-corrected chi connectivity index (χ4v) is 0.212. The zero-order valence-electron chi connectivity index (χ0n) is 4.97. The maximum absolute atomic E-state index is 11.1. The van der Waals surface area contributed by atoms with Crippen LogP contribution in [0, 0.1) is 0 Å². The van der Waals surface area contributed by atoms with Gasteiger partial charge in [-0.3, -0.25) is 0 Å². The molecule has 0 aromatic rings. The van der Waals surface area contributed by atoms with E-state index in [0.29, 0.717) is 0 Å². The van der Waals surface area contributed by atoms with E-state index in [1.165, 1.54) is 0 Å². The maximum atomic E-state index is 11.1. The second kappa shape index (κ2) is 3.81. The van der Waals surface area contributed by atoms with Crippen molar-refractivity contribution < 1.29 is 27.6 Å². The van der Waals surface area contributed by atoms with Crippen LogP contribution in [0.3, 0.4) is 0 Å². The van der Waals surface area contributed by atoms with E-state index in [0.717, 1.165) is 7.11 Å². The van der Waals surface area contributed by atoms with Crippen molar-refractivity contribution in [2.75, 3.05) is 7.11 Å². The molecule has 0 aromatic carbocycles. The summed E-state index contributed by atoms with van der Waals surface area (Å²) in [6, 6.07) is 0. The lowest BCUT2D eigenvalue weighted by Crippen LogP contribution is -2.23. The van der Waals surface area contributed by atoms with Crippen molar-refractivity contribution in [1.82, 2.24) is 0 Å². The quantitative estimate of drug-likeness (QED) is 0.292. The SMILES string of the molecule is COC(=O)C(=O)OB(F)F. The van der Waals surface area contributed by atoms with Crippen LogP contribution in [0.5, 0.6) is 0 Å². The minimum absolute atomic E-state index is 0.884. The predicted octanol–water partition coefficient (Wildman–Crippen LogP) is -0.374. The molecule has 0 saturated carbocycles. The number of esters is 1. The molecular weight excluding hydrogens is 149 g/mol. The minimum atomic E-state index is -3.29. The first kappa shape index (κ1) is 8.86. The molecule has 0 atom stereocenters. The molecule has 0 rings (SSSR count). The Bertz CT molecular complexity index is 147. The van der Waals surface area contributed by atoms with Gasteiger partial charge in [0, 0.05) is 0 Å². The van der Waals surface area contributed by atoms with Crippen molar-refractivity contribution in [2.45, 2.75) is 0 Å². The van der Waals surface area contributed by atoms with Crippen molar-refractivity contribution in [2.24, 2.45) is 0 Å². The van der Waals surface area contributed by atoms with Crippen LogP contribution < -0.4 is 0 Å². The molecule has 0 amide bonds. The number of halogens is 2. The van der Waals surface area contributed by atoms with Gasteiger partial charge in [-0.2, -0.15) is 0 Å². The highest BCUT2D eigenvalue weighted by Gasteiger charge is 2.26. The summed E-state index contributed by atoms with van der Waals surface area (Å²) in [6.45, 7) is 0. The summed E-state index contributed by atoms with van der Waals surface area (Å²) in [7, 11) is -2.40. The molecule has 0 aliphatic carbocycles. The molecule has 56 valence electrons. The summed E-state index contributed by atoms with van der Waals surface area (Å²) in [4.78, 5) is 20.0. The number of rotatable bonds is 1. The number of methoxy groups -OCH3 is 1. The Morgan fingerprint density at radius 1 is 1.30 bits per heavy atom. The van der Waals surface area contributed by atoms with Gasteiger partial charge in [0.1, 0.15) is 0 Å².